The molecule has 0 saturated carbocycles. The molecule has 0 bridgehead atoms. The zero-order valence-electron chi connectivity index (χ0n) is 8.82. The molecule has 0 spiro atoms. The van der Waals surface area contributed by atoms with Crippen LogP contribution in [0.5, 0.6) is 0 Å². The molecular formula is C10H22Se. The van der Waals surface area contributed by atoms with Gasteiger partial charge in [0.25, 0.3) is 0 Å². The van der Waals surface area contributed by atoms with Crippen LogP contribution in [0.15, 0.2) is 0 Å². The van der Waals surface area contributed by atoms with Crippen LogP contribution in [0.25, 0.3) is 0 Å². The Morgan fingerprint density at radius 2 is 1.00 bits per heavy atom. The van der Waals surface area contributed by atoms with Gasteiger partial charge in [-0.2, -0.15) is 0 Å². The molecule has 1 heteroatoms. The van der Waals surface area contributed by atoms with Gasteiger partial charge < -0.3 is 0 Å². The van der Waals surface area contributed by atoms with Gasteiger partial charge in [-0.05, 0) is 0 Å². The molecule has 68 valence electrons. The van der Waals surface area contributed by atoms with E-state index in [1.54, 1.807) is 0 Å². The van der Waals surface area contributed by atoms with Crippen molar-refractivity contribution in [2.24, 2.45) is 10.8 Å². The van der Waals surface area contributed by atoms with E-state index in [2.05, 4.69) is 41.5 Å². The third-order valence-corrected chi connectivity index (χ3v) is 5.56. The van der Waals surface area contributed by atoms with Gasteiger partial charge in [0.15, 0.2) is 0 Å². The molecule has 0 aliphatic rings. The SMILES string of the molecule is CC(C)(C)C[Se]CC(C)(C)C. The molecule has 0 aromatic rings. The second-order valence-corrected chi connectivity index (χ2v) is 7.68. The summed E-state index contributed by atoms with van der Waals surface area (Å²) in [5, 5.41) is 2.83. The molecule has 0 rings (SSSR count). The second-order valence-electron chi connectivity index (χ2n) is 5.61. The van der Waals surface area contributed by atoms with Gasteiger partial charge in [-0.3, -0.25) is 0 Å². The average Bonchev–Trinajstić information content (AvgIpc) is 1.55. The molecule has 0 saturated heterocycles. The van der Waals surface area contributed by atoms with Crippen LogP contribution >= 0.6 is 0 Å². The monoisotopic (exact) mass is 222 g/mol. The molecule has 0 aromatic heterocycles. The Bertz CT molecular complexity index is 89.0. The van der Waals surface area contributed by atoms with Gasteiger partial charge in [-0.1, -0.05) is 0 Å². The first-order valence-electron chi connectivity index (χ1n) is 4.28. The van der Waals surface area contributed by atoms with E-state index in [4.69, 9.17) is 0 Å². The molecule has 0 atom stereocenters. The van der Waals surface area contributed by atoms with Crippen LogP contribution in [0.2, 0.25) is 10.6 Å². The summed E-state index contributed by atoms with van der Waals surface area (Å²) >= 11 is 0.844. The summed E-state index contributed by atoms with van der Waals surface area (Å²) in [6.45, 7) is 14.0. The fourth-order valence-electron chi connectivity index (χ4n) is 0.663. The van der Waals surface area contributed by atoms with Crippen LogP contribution in [0.4, 0.5) is 0 Å². The topological polar surface area (TPSA) is 0 Å². The maximum absolute atomic E-state index is 2.33. The third-order valence-electron chi connectivity index (χ3n) is 1.07. The predicted octanol–water partition coefficient (Wildman–Crippen LogP) is 3.62. The summed E-state index contributed by atoms with van der Waals surface area (Å²) in [6, 6.07) is 0. The van der Waals surface area contributed by atoms with Crippen molar-refractivity contribution < 1.29 is 0 Å². The van der Waals surface area contributed by atoms with Crippen LogP contribution in [-0.2, 0) is 0 Å². The van der Waals surface area contributed by atoms with Gasteiger partial charge in [0.1, 0.15) is 0 Å². The maximum atomic E-state index is 2.33. The molecule has 0 nitrogen and oxygen atoms in total. The summed E-state index contributed by atoms with van der Waals surface area (Å²) < 4.78 is 0. The van der Waals surface area contributed by atoms with Crippen LogP contribution in [0, 0.1) is 10.8 Å². The standard InChI is InChI=1S/C10H22Se/c1-9(2,3)7-11-8-10(4,5)6/h7-8H2,1-6H3. The zero-order chi connectivity index (χ0) is 9.12. The summed E-state index contributed by atoms with van der Waals surface area (Å²) in [5.41, 5.74) is 1.09. The summed E-state index contributed by atoms with van der Waals surface area (Å²) in [6.07, 6.45) is 0. The van der Waals surface area contributed by atoms with Crippen molar-refractivity contribution >= 4 is 15.0 Å². The normalized spacial score (nSPS) is 13.6. The van der Waals surface area contributed by atoms with Crippen molar-refractivity contribution in [3.05, 3.63) is 0 Å². The first-order valence-corrected chi connectivity index (χ1v) is 6.71. The summed E-state index contributed by atoms with van der Waals surface area (Å²) in [4.78, 5) is 0. The van der Waals surface area contributed by atoms with Gasteiger partial charge >= 0.3 is 78.0 Å². The molecule has 0 aliphatic heterocycles. The molecular weight excluding hydrogens is 199 g/mol. The first kappa shape index (κ1) is 11.5. The van der Waals surface area contributed by atoms with E-state index in [0.717, 1.165) is 15.0 Å². The van der Waals surface area contributed by atoms with Crippen molar-refractivity contribution in [1.29, 1.82) is 0 Å². The molecule has 0 N–H and O–H groups in total. The molecule has 0 radical (unpaired) electrons. The molecule has 0 amide bonds. The Hall–Kier alpha value is 0.519. The molecule has 0 fully saturated rings. The Labute approximate surface area is 78.3 Å². The molecule has 0 heterocycles. The molecule has 0 unspecified atom stereocenters. The molecule has 11 heavy (non-hydrogen) atoms. The van der Waals surface area contributed by atoms with E-state index in [0.29, 0.717) is 10.8 Å². The predicted molar refractivity (Wildman–Crippen MR) is 54.3 cm³/mol. The van der Waals surface area contributed by atoms with Crippen LogP contribution in [0.3, 0.4) is 0 Å². The van der Waals surface area contributed by atoms with E-state index in [9.17, 15) is 0 Å². The Balaban J connectivity index is 3.44. The van der Waals surface area contributed by atoms with Gasteiger partial charge in [0, 0.05) is 0 Å². The second kappa shape index (κ2) is 3.96. The van der Waals surface area contributed by atoms with Gasteiger partial charge in [-0.25, -0.2) is 0 Å². The number of hydrogen-bond acceptors (Lipinski definition) is 0. The quantitative estimate of drug-likeness (QED) is 0.625. The average molecular weight is 221 g/mol. The minimum absolute atomic E-state index is 0.547. The van der Waals surface area contributed by atoms with Crippen molar-refractivity contribution in [2.75, 3.05) is 0 Å². The van der Waals surface area contributed by atoms with Crippen molar-refractivity contribution in [1.82, 2.24) is 0 Å². The fraction of sp³-hybridized carbons (Fsp3) is 1.00. The van der Waals surface area contributed by atoms with E-state index in [1.807, 2.05) is 0 Å². The van der Waals surface area contributed by atoms with E-state index < -0.39 is 0 Å². The van der Waals surface area contributed by atoms with Crippen molar-refractivity contribution in [3.63, 3.8) is 0 Å². The summed E-state index contributed by atoms with van der Waals surface area (Å²) in [5.74, 6) is 0. The summed E-state index contributed by atoms with van der Waals surface area (Å²) in [7, 11) is 0. The Kier molecular flexibility index (Phi) is 4.14. The number of rotatable bonds is 2. The zero-order valence-corrected chi connectivity index (χ0v) is 10.5. The van der Waals surface area contributed by atoms with Gasteiger partial charge in [-0.15, -0.1) is 0 Å². The van der Waals surface area contributed by atoms with E-state index >= 15 is 0 Å². The van der Waals surface area contributed by atoms with Crippen LogP contribution in [-0.4, -0.2) is 15.0 Å². The molecule has 0 aliphatic carbocycles. The minimum atomic E-state index is 0.547. The van der Waals surface area contributed by atoms with Crippen molar-refractivity contribution in [3.8, 4) is 0 Å². The third kappa shape index (κ3) is 10.5. The first-order chi connectivity index (χ1) is 4.71. The van der Waals surface area contributed by atoms with Crippen molar-refractivity contribution in [2.45, 2.75) is 52.2 Å². The Morgan fingerprint density at radius 1 is 0.727 bits per heavy atom. The van der Waals surface area contributed by atoms with Crippen LogP contribution < -0.4 is 0 Å². The fourth-order valence-corrected chi connectivity index (χ4v) is 3.45. The van der Waals surface area contributed by atoms with E-state index in [-0.39, 0.29) is 0 Å². The van der Waals surface area contributed by atoms with Gasteiger partial charge in [0.05, 0.1) is 0 Å². The van der Waals surface area contributed by atoms with Crippen LogP contribution in [0.1, 0.15) is 41.5 Å². The number of hydrogen-bond donors (Lipinski definition) is 0. The Morgan fingerprint density at radius 3 is 1.18 bits per heavy atom. The van der Waals surface area contributed by atoms with Gasteiger partial charge in [0.2, 0.25) is 0 Å². The van der Waals surface area contributed by atoms with E-state index in [1.165, 1.54) is 10.6 Å². The molecule has 0 aromatic carbocycles.